The number of primary amides is 1. The number of pyridine rings is 1. The lowest BCUT2D eigenvalue weighted by molar-refractivity contribution is 0.1000. The summed E-state index contributed by atoms with van der Waals surface area (Å²) in [6.07, 6.45) is 1.59. The summed E-state index contributed by atoms with van der Waals surface area (Å²) in [5.74, 6) is -0.434. The molecule has 0 aliphatic carbocycles. The van der Waals surface area contributed by atoms with Crippen molar-refractivity contribution < 1.29 is 4.79 Å². The van der Waals surface area contributed by atoms with Gasteiger partial charge in [0.25, 0.3) is 0 Å². The highest BCUT2D eigenvalue weighted by molar-refractivity contribution is 5.93. The van der Waals surface area contributed by atoms with Crippen LogP contribution in [0.1, 0.15) is 15.9 Å². The van der Waals surface area contributed by atoms with Crippen LogP contribution in [0, 0.1) is 6.92 Å². The molecule has 0 radical (unpaired) electrons. The minimum atomic E-state index is -0.434. The second-order valence-corrected chi connectivity index (χ2v) is 3.66. The molecule has 0 fully saturated rings. The summed E-state index contributed by atoms with van der Waals surface area (Å²) in [4.78, 5) is 15.2. The zero-order valence-electron chi connectivity index (χ0n) is 8.97. The lowest BCUT2D eigenvalue weighted by Crippen LogP contribution is -2.10. The zero-order chi connectivity index (χ0) is 11.5. The maximum absolute atomic E-state index is 11.0. The van der Waals surface area contributed by atoms with Gasteiger partial charge < -0.3 is 5.73 Å². The Hall–Kier alpha value is -2.16. The van der Waals surface area contributed by atoms with Crippen molar-refractivity contribution in [2.45, 2.75) is 6.92 Å². The van der Waals surface area contributed by atoms with E-state index in [1.54, 1.807) is 18.3 Å². The molecule has 0 aliphatic heterocycles. The Balaban J connectivity index is 2.44. The molecule has 1 aromatic heterocycles. The molecule has 0 aliphatic rings. The molecule has 2 rings (SSSR count). The van der Waals surface area contributed by atoms with Gasteiger partial charge in [0.2, 0.25) is 5.91 Å². The fourth-order valence-corrected chi connectivity index (χ4v) is 1.47. The van der Waals surface area contributed by atoms with Crippen molar-refractivity contribution in [3.8, 4) is 11.3 Å². The van der Waals surface area contributed by atoms with Crippen LogP contribution >= 0.6 is 0 Å². The van der Waals surface area contributed by atoms with Gasteiger partial charge in [0.05, 0.1) is 5.69 Å². The maximum atomic E-state index is 11.0. The van der Waals surface area contributed by atoms with Crippen LogP contribution in [0.15, 0.2) is 42.6 Å². The van der Waals surface area contributed by atoms with E-state index in [0.29, 0.717) is 5.56 Å². The number of amides is 1. The zero-order valence-corrected chi connectivity index (χ0v) is 8.97. The number of nitrogens with two attached hydrogens (primary N) is 1. The molecule has 1 heterocycles. The number of hydrogen-bond acceptors (Lipinski definition) is 2. The summed E-state index contributed by atoms with van der Waals surface area (Å²) in [5, 5.41) is 0. The molecule has 2 N–H and O–H groups in total. The van der Waals surface area contributed by atoms with Gasteiger partial charge in [-0.3, -0.25) is 9.78 Å². The molecule has 0 saturated carbocycles. The molecule has 80 valence electrons. The normalized spacial score (nSPS) is 10.1. The maximum Gasteiger partial charge on any atom is 0.248 e. The first-order chi connectivity index (χ1) is 7.66. The Bertz CT molecular complexity index is 518. The molecule has 0 bridgehead atoms. The van der Waals surface area contributed by atoms with Crippen LogP contribution in [0.5, 0.6) is 0 Å². The third-order valence-corrected chi connectivity index (χ3v) is 2.39. The Labute approximate surface area is 93.9 Å². The smallest absolute Gasteiger partial charge is 0.248 e. The van der Waals surface area contributed by atoms with Crippen LogP contribution < -0.4 is 5.73 Å². The minimum absolute atomic E-state index is 0.434. The number of aromatic nitrogens is 1. The molecule has 0 atom stereocenters. The van der Waals surface area contributed by atoms with E-state index in [9.17, 15) is 4.79 Å². The van der Waals surface area contributed by atoms with Gasteiger partial charge in [-0.15, -0.1) is 0 Å². The van der Waals surface area contributed by atoms with Crippen LogP contribution in [0.3, 0.4) is 0 Å². The fraction of sp³-hybridized carbons (Fsp3) is 0.0769. The molecular weight excluding hydrogens is 200 g/mol. The van der Waals surface area contributed by atoms with Crippen molar-refractivity contribution >= 4 is 5.91 Å². The summed E-state index contributed by atoms with van der Waals surface area (Å²) in [7, 11) is 0. The van der Waals surface area contributed by atoms with Crippen molar-refractivity contribution in [3.05, 3.63) is 53.7 Å². The summed E-state index contributed by atoms with van der Waals surface area (Å²) >= 11 is 0. The molecule has 1 amide bonds. The van der Waals surface area contributed by atoms with Crippen molar-refractivity contribution in [1.82, 2.24) is 4.98 Å². The molecule has 0 unspecified atom stereocenters. The molecule has 16 heavy (non-hydrogen) atoms. The summed E-state index contributed by atoms with van der Waals surface area (Å²) in [6.45, 7) is 2.02. The number of carbonyl (C=O) groups is 1. The fourth-order valence-electron chi connectivity index (χ4n) is 1.47. The Morgan fingerprint density at radius 3 is 2.50 bits per heavy atom. The van der Waals surface area contributed by atoms with E-state index in [1.165, 1.54) is 5.56 Å². The predicted octanol–water partition coefficient (Wildman–Crippen LogP) is 2.16. The first-order valence-corrected chi connectivity index (χ1v) is 5.00. The highest BCUT2D eigenvalue weighted by Crippen LogP contribution is 2.18. The average molecular weight is 212 g/mol. The molecule has 3 heteroatoms. The molecule has 0 spiro atoms. The Kier molecular flexibility index (Phi) is 2.68. The standard InChI is InChI=1S/C13H12N2O/c1-9-2-4-10(5-3-9)12-8-11(13(14)16)6-7-15-12/h2-8H,1H3,(H2,14,16). The molecule has 0 saturated heterocycles. The number of carbonyl (C=O) groups excluding carboxylic acids is 1. The average Bonchev–Trinajstić information content (AvgIpc) is 2.30. The SMILES string of the molecule is Cc1ccc(-c2cc(C(N)=O)ccn2)cc1. The van der Waals surface area contributed by atoms with Crippen molar-refractivity contribution in [3.63, 3.8) is 0 Å². The van der Waals surface area contributed by atoms with Gasteiger partial charge >= 0.3 is 0 Å². The van der Waals surface area contributed by atoms with Gasteiger partial charge in [-0.2, -0.15) is 0 Å². The number of nitrogens with zero attached hydrogens (tertiary/aromatic N) is 1. The van der Waals surface area contributed by atoms with E-state index in [-0.39, 0.29) is 0 Å². The van der Waals surface area contributed by atoms with Crippen LogP contribution in [0.25, 0.3) is 11.3 Å². The quantitative estimate of drug-likeness (QED) is 0.829. The molecular formula is C13H12N2O. The van der Waals surface area contributed by atoms with Gasteiger partial charge in [0.15, 0.2) is 0 Å². The van der Waals surface area contributed by atoms with E-state index in [0.717, 1.165) is 11.3 Å². The lowest BCUT2D eigenvalue weighted by Gasteiger charge is -2.02. The van der Waals surface area contributed by atoms with E-state index in [1.807, 2.05) is 31.2 Å². The first-order valence-electron chi connectivity index (χ1n) is 5.00. The number of aryl methyl sites for hydroxylation is 1. The third-order valence-electron chi connectivity index (χ3n) is 2.39. The van der Waals surface area contributed by atoms with Gasteiger partial charge in [-0.1, -0.05) is 29.8 Å². The van der Waals surface area contributed by atoms with Gasteiger partial charge in [0.1, 0.15) is 0 Å². The second kappa shape index (κ2) is 4.14. The van der Waals surface area contributed by atoms with Crippen LogP contribution in [0.2, 0.25) is 0 Å². The summed E-state index contributed by atoms with van der Waals surface area (Å²) in [6, 6.07) is 11.3. The van der Waals surface area contributed by atoms with E-state index in [4.69, 9.17) is 5.73 Å². The minimum Gasteiger partial charge on any atom is -0.366 e. The molecule has 2 aromatic rings. The second-order valence-electron chi connectivity index (χ2n) is 3.66. The Morgan fingerprint density at radius 2 is 1.88 bits per heavy atom. The predicted molar refractivity (Wildman–Crippen MR) is 62.9 cm³/mol. The van der Waals surface area contributed by atoms with Gasteiger partial charge in [-0.25, -0.2) is 0 Å². The van der Waals surface area contributed by atoms with Crippen LogP contribution in [0.4, 0.5) is 0 Å². The van der Waals surface area contributed by atoms with E-state index in [2.05, 4.69) is 4.98 Å². The first kappa shape index (κ1) is 10.4. The lowest BCUT2D eigenvalue weighted by atomic mass is 10.1. The Morgan fingerprint density at radius 1 is 1.19 bits per heavy atom. The number of rotatable bonds is 2. The van der Waals surface area contributed by atoms with Crippen molar-refractivity contribution in [1.29, 1.82) is 0 Å². The van der Waals surface area contributed by atoms with Gasteiger partial charge in [-0.05, 0) is 19.1 Å². The third kappa shape index (κ3) is 2.08. The van der Waals surface area contributed by atoms with Crippen molar-refractivity contribution in [2.75, 3.05) is 0 Å². The van der Waals surface area contributed by atoms with Crippen LogP contribution in [-0.4, -0.2) is 10.9 Å². The summed E-state index contributed by atoms with van der Waals surface area (Å²) in [5.41, 5.74) is 8.63. The summed E-state index contributed by atoms with van der Waals surface area (Å²) < 4.78 is 0. The topological polar surface area (TPSA) is 56.0 Å². The van der Waals surface area contributed by atoms with Crippen molar-refractivity contribution in [2.24, 2.45) is 5.73 Å². The van der Waals surface area contributed by atoms with E-state index < -0.39 is 5.91 Å². The monoisotopic (exact) mass is 212 g/mol. The van der Waals surface area contributed by atoms with Crippen LogP contribution in [-0.2, 0) is 0 Å². The molecule has 3 nitrogen and oxygen atoms in total. The number of benzene rings is 1. The molecule has 1 aromatic carbocycles. The van der Waals surface area contributed by atoms with E-state index >= 15 is 0 Å². The number of hydrogen-bond donors (Lipinski definition) is 1. The largest absolute Gasteiger partial charge is 0.366 e. The highest BCUT2D eigenvalue weighted by Gasteiger charge is 2.03. The highest BCUT2D eigenvalue weighted by atomic mass is 16.1. The van der Waals surface area contributed by atoms with Gasteiger partial charge in [0, 0.05) is 17.3 Å².